The Hall–Kier alpha value is -2.24. The zero-order valence-electron chi connectivity index (χ0n) is 9.02. The Bertz CT molecular complexity index is 508. The highest BCUT2D eigenvalue weighted by atomic mass is 16.1. The summed E-state index contributed by atoms with van der Waals surface area (Å²) in [5.41, 5.74) is 1.10. The summed E-state index contributed by atoms with van der Waals surface area (Å²) in [6.45, 7) is 3.62. The molecule has 0 aromatic carbocycles. The lowest BCUT2D eigenvalue weighted by molar-refractivity contribution is 1.03. The Morgan fingerprint density at radius 2 is 1.17 bits per heavy atom. The number of H-pyrrole nitrogens is 2. The summed E-state index contributed by atoms with van der Waals surface area (Å²) < 4.78 is 0. The lowest BCUT2D eigenvalue weighted by Gasteiger charge is -1.84. The number of nitrogens with one attached hydrogen (secondary N) is 2. The van der Waals surface area contributed by atoms with Gasteiger partial charge in [0.15, 0.2) is 0 Å². The van der Waals surface area contributed by atoms with Crippen LogP contribution in [0, 0.1) is 13.8 Å². The van der Waals surface area contributed by atoms with Crippen molar-refractivity contribution in [1.82, 2.24) is 19.9 Å². The monoisotopic (exact) mass is 252 g/mol. The first-order valence-electron chi connectivity index (χ1n) is 4.62. The van der Waals surface area contributed by atoms with Gasteiger partial charge in [0.05, 0.1) is 0 Å². The van der Waals surface area contributed by atoms with Crippen molar-refractivity contribution in [2.45, 2.75) is 28.7 Å². The molecule has 0 aliphatic heterocycles. The smallest absolute Gasteiger partial charge is 0.310 e. The van der Waals surface area contributed by atoms with Crippen LogP contribution in [0.3, 0.4) is 0 Å². The van der Waals surface area contributed by atoms with Gasteiger partial charge in [-0.25, -0.2) is 19.6 Å². The van der Waals surface area contributed by atoms with Gasteiger partial charge in [0, 0.05) is 23.8 Å². The minimum absolute atomic E-state index is 0. The maximum absolute atomic E-state index is 10.3. The molecule has 0 saturated carbocycles. The van der Waals surface area contributed by atoms with Crippen molar-refractivity contribution in [3.8, 4) is 0 Å². The van der Waals surface area contributed by atoms with Gasteiger partial charge in [0.1, 0.15) is 0 Å². The molecule has 18 heavy (non-hydrogen) atoms. The van der Waals surface area contributed by atoms with Crippen LogP contribution in [0.4, 0.5) is 0 Å². The van der Waals surface area contributed by atoms with E-state index in [1.807, 2.05) is 13.8 Å². The maximum atomic E-state index is 10.3. The summed E-state index contributed by atoms with van der Waals surface area (Å²) in [5.74, 6) is 0. The van der Waals surface area contributed by atoms with E-state index in [0.29, 0.717) is 0 Å². The molecule has 0 spiro atoms. The zero-order valence-corrected chi connectivity index (χ0v) is 9.02. The van der Waals surface area contributed by atoms with Crippen LogP contribution < -0.4 is 11.4 Å². The Balaban J connectivity index is 0. The van der Waals surface area contributed by atoms with Gasteiger partial charge in [0.25, 0.3) is 0 Å². The number of aromatic amines is 2. The maximum Gasteiger partial charge on any atom is 0.345 e. The number of aromatic nitrogens is 4. The van der Waals surface area contributed by atoms with Crippen molar-refractivity contribution in [2.24, 2.45) is 0 Å². The summed E-state index contributed by atoms with van der Waals surface area (Å²) in [6.07, 6.45) is 2.96. The van der Waals surface area contributed by atoms with E-state index in [1.165, 1.54) is 12.4 Å². The van der Waals surface area contributed by atoms with Gasteiger partial charge in [-0.2, -0.15) is 0 Å². The van der Waals surface area contributed by atoms with Crippen LogP contribution in [0.15, 0.2) is 34.1 Å². The fourth-order valence-electron chi connectivity index (χ4n) is 0.919. The van der Waals surface area contributed by atoms with Gasteiger partial charge in [0.2, 0.25) is 0 Å². The quantitative estimate of drug-likeness (QED) is 0.742. The highest BCUT2D eigenvalue weighted by Gasteiger charge is 1.81. The minimum Gasteiger partial charge on any atom is -0.310 e. The predicted octanol–water partition coefficient (Wildman–Crippen LogP) is 1.43. The molecule has 0 aliphatic carbocycles. The van der Waals surface area contributed by atoms with Crippen LogP contribution in [0.25, 0.3) is 0 Å². The minimum atomic E-state index is -0.287. The van der Waals surface area contributed by atoms with E-state index in [2.05, 4.69) is 19.9 Å². The van der Waals surface area contributed by atoms with Crippen LogP contribution >= 0.6 is 0 Å². The molecule has 2 rings (SSSR count). The molecule has 2 aromatic rings. The summed E-state index contributed by atoms with van der Waals surface area (Å²) in [6, 6.07) is 3.47. The molecule has 0 unspecified atom stereocenters. The highest BCUT2D eigenvalue weighted by molar-refractivity contribution is 4.93. The molecule has 2 aromatic heterocycles. The molecule has 0 amide bonds. The van der Waals surface area contributed by atoms with Crippen molar-refractivity contribution >= 4 is 0 Å². The van der Waals surface area contributed by atoms with Crippen LogP contribution in [-0.2, 0) is 0 Å². The van der Waals surface area contributed by atoms with E-state index in [9.17, 15) is 9.59 Å². The Morgan fingerprint density at radius 1 is 0.833 bits per heavy atom. The molecule has 0 atom stereocenters. The molecule has 6 heteroatoms. The molecule has 0 bridgehead atoms. The van der Waals surface area contributed by atoms with E-state index >= 15 is 0 Å². The lowest BCUT2D eigenvalue weighted by Crippen LogP contribution is -2.08. The van der Waals surface area contributed by atoms with E-state index in [-0.39, 0.29) is 26.2 Å². The van der Waals surface area contributed by atoms with Crippen molar-refractivity contribution in [3.63, 3.8) is 0 Å². The molecule has 6 nitrogen and oxygen atoms in total. The van der Waals surface area contributed by atoms with Crippen LogP contribution in [0.1, 0.15) is 26.2 Å². The largest absolute Gasteiger partial charge is 0.345 e. The second-order valence-electron chi connectivity index (χ2n) is 3.12. The average molecular weight is 252 g/mol. The topological polar surface area (TPSA) is 91.5 Å². The van der Waals surface area contributed by atoms with Crippen LogP contribution in [0.5, 0.6) is 0 Å². The third-order valence-corrected chi connectivity index (χ3v) is 1.64. The first kappa shape index (κ1) is 18.1. The Morgan fingerprint density at radius 3 is 1.33 bits per heavy atom. The predicted molar refractivity (Wildman–Crippen MR) is 72.7 cm³/mol. The Labute approximate surface area is 106 Å². The van der Waals surface area contributed by atoms with Crippen molar-refractivity contribution in [2.75, 3.05) is 0 Å². The van der Waals surface area contributed by atoms with Crippen LogP contribution in [-0.4, -0.2) is 19.9 Å². The molecular weight excluding hydrogens is 232 g/mol. The van der Waals surface area contributed by atoms with E-state index in [1.54, 1.807) is 12.1 Å². The number of hydrogen-bond acceptors (Lipinski definition) is 4. The standard InChI is InChI=1S/2C5H6N2O.2CH4/c2*1-4-2-3-6-5(8)7-4;;/h2*2-3H,1H3,(H,6,7,8);2*1H4. The van der Waals surface area contributed by atoms with E-state index in [0.717, 1.165) is 11.4 Å². The number of hydrogen-bond donors (Lipinski definition) is 2. The van der Waals surface area contributed by atoms with Gasteiger partial charge >= 0.3 is 11.4 Å². The summed E-state index contributed by atoms with van der Waals surface area (Å²) in [7, 11) is 0. The molecule has 2 heterocycles. The number of nitrogens with zero attached hydrogens (tertiary/aromatic N) is 2. The van der Waals surface area contributed by atoms with Crippen molar-refractivity contribution < 1.29 is 0 Å². The normalized spacial score (nSPS) is 8.11. The second kappa shape index (κ2) is 8.86. The number of aryl methyl sites for hydroxylation is 2. The molecule has 0 aliphatic rings. The zero-order chi connectivity index (χ0) is 12.0. The van der Waals surface area contributed by atoms with Gasteiger partial charge < -0.3 is 9.97 Å². The van der Waals surface area contributed by atoms with Crippen LogP contribution in [0.2, 0.25) is 0 Å². The molecular formula is C12H20N4O2. The van der Waals surface area contributed by atoms with Gasteiger partial charge in [-0.05, 0) is 26.0 Å². The Kier molecular flexibility index (Phi) is 8.93. The van der Waals surface area contributed by atoms with Gasteiger partial charge in [-0.15, -0.1) is 0 Å². The van der Waals surface area contributed by atoms with Gasteiger partial charge in [-0.1, -0.05) is 14.9 Å². The summed E-state index contributed by atoms with van der Waals surface area (Å²) in [4.78, 5) is 32.5. The van der Waals surface area contributed by atoms with Crippen molar-refractivity contribution in [1.29, 1.82) is 0 Å². The van der Waals surface area contributed by atoms with Crippen molar-refractivity contribution in [3.05, 3.63) is 56.9 Å². The lowest BCUT2D eigenvalue weighted by atomic mass is 10.5. The first-order valence-corrected chi connectivity index (χ1v) is 4.62. The summed E-state index contributed by atoms with van der Waals surface area (Å²) in [5, 5.41) is 0. The fourth-order valence-corrected chi connectivity index (χ4v) is 0.919. The molecule has 0 fully saturated rings. The summed E-state index contributed by atoms with van der Waals surface area (Å²) >= 11 is 0. The number of rotatable bonds is 0. The SMILES string of the molecule is C.C.Cc1ccnc(=O)[nH]1.Cc1ccnc(=O)[nH]1. The second-order valence-corrected chi connectivity index (χ2v) is 3.12. The molecule has 0 radical (unpaired) electrons. The average Bonchev–Trinajstić information content (AvgIpc) is 2.17. The van der Waals surface area contributed by atoms with E-state index < -0.39 is 0 Å². The van der Waals surface area contributed by atoms with Gasteiger partial charge in [-0.3, -0.25) is 0 Å². The molecule has 2 N–H and O–H groups in total. The first-order chi connectivity index (χ1) is 7.58. The fraction of sp³-hybridized carbons (Fsp3) is 0.333. The van der Waals surface area contributed by atoms with E-state index in [4.69, 9.17) is 0 Å². The third-order valence-electron chi connectivity index (χ3n) is 1.64. The molecule has 100 valence electrons. The molecule has 0 saturated heterocycles. The third kappa shape index (κ3) is 7.10. The highest BCUT2D eigenvalue weighted by Crippen LogP contribution is 1.79.